The third-order valence-corrected chi connectivity index (χ3v) is 4.57. The van der Waals surface area contributed by atoms with Gasteiger partial charge in [-0.15, -0.1) is 24.0 Å². The van der Waals surface area contributed by atoms with Crippen LogP contribution < -0.4 is 15.4 Å². The summed E-state index contributed by atoms with van der Waals surface area (Å²) in [6.45, 7) is 7.09. The van der Waals surface area contributed by atoms with Gasteiger partial charge in [0.15, 0.2) is 5.96 Å². The molecule has 1 aromatic carbocycles. The van der Waals surface area contributed by atoms with Crippen LogP contribution in [0, 0.1) is 12.3 Å². The van der Waals surface area contributed by atoms with E-state index in [0.29, 0.717) is 13.2 Å². The first kappa shape index (κ1) is 23.0. The van der Waals surface area contributed by atoms with Gasteiger partial charge in [-0.25, -0.2) is 0 Å². The van der Waals surface area contributed by atoms with Crippen molar-refractivity contribution in [3.8, 4) is 5.75 Å². The van der Waals surface area contributed by atoms with E-state index >= 15 is 0 Å². The van der Waals surface area contributed by atoms with Crippen LogP contribution >= 0.6 is 24.0 Å². The maximum absolute atomic E-state index is 9.30. The number of hydrogen-bond acceptors (Lipinski definition) is 4. The van der Waals surface area contributed by atoms with Crippen LogP contribution in [0.2, 0.25) is 0 Å². The molecule has 1 aliphatic heterocycles. The minimum absolute atomic E-state index is 0. The summed E-state index contributed by atoms with van der Waals surface area (Å²) in [6.07, 6.45) is 1.72. The van der Waals surface area contributed by atoms with Crippen molar-refractivity contribution in [2.75, 3.05) is 40.0 Å². The van der Waals surface area contributed by atoms with Crippen molar-refractivity contribution in [3.63, 3.8) is 0 Å². The van der Waals surface area contributed by atoms with Gasteiger partial charge >= 0.3 is 0 Å². The number of aryl methyl sites for hydroxylation is 1. The molecule has 2 unspecified atom stereocenters. The standard InChI is InChI=1S/C19H31N3O3.HI/c1-15-5-4-6-17(11-15)25-16(2)12-21-18(20-3)22-13-19(7-9-23)8-10-24-14-19;/h4-6,11,16,23H,7-10,12-14H2,1-3H3,(H2,20,21,22);1H. The molecule has 148 valence electrons. The number of nitrogens with one attached hydrogen (secondary N) is 2. The lowest BCUT2D eigenvalue weighted by Crippen LogP contribution is -2.46. The minimum atomic E-state index is -0.00392. The number of nitrogens with zero attached hydrogens (tertiary/aromatic N) is 1. The summed E-state index contributed by atoms with van der Waals surface area (Å²) in [7, 11) is 1.76. The van der Waals surface area contributed by atoms with Crippen LogP contribution in [0.3, 0.4) is 0 Å². The third-order valence-electron chi connectivity index (χ3n) is 4.57. The fourth-order valence-electron chi connectivity index (χ4n) is 3.01. The highest BCUT2D eigenvalue weighted by molar-refractivity contribution is 14.0. The van der Waals surface area contributed by atoms with E-state index in [1.165, 1.54) is 5.56 Å². The number of aliphatic imine (C=N–C) groups is 1. The Bertz CT molecular complexity index is 563. The van der Waals surface area contributed by atoms with Crippen LogP contribution in [0.15, 0.2) is 29.3 Å². The molecular formula is C19H32IN3O3. The van der Waals surface area contributed by atoms with E-state index in [4.69, 9.17) is 9.47 Å². The summed E-state index contributed by atoms with van der Waals surface area (Å²) in [6, 6.07) is 8.05. The van der Waals surface area contributed by atoms with E-state index in [-0.39, 0.29) is 42.1 Å². The molecule has 1 aromatic rings. The zero-order valence-corrected chi connectivity index (χ0v) is 18.3. The molecule has 0 spiro atoms. The van der Waals surface area contributed by atoms with Gasteiger partial charge in [0, 0.05) is 32.2 Å². The van der Waals surface area contributed by atoms with Crippen molar-refractivity contribution in [1.29, 1.82) is 0 Å². The molecule has 1 fully saturated rings. The van der Waals surface area contributed by atoms with Gasteiger partial charge in [-0.05, 0) is 44.4 Å². The molecule has 0 saturated carbocycles. The number of guanidine groups is 1. The topological polar surface area (TPSA) is 75.1 Å². The molecule has 0 aliphatic carbocycles. The van der Waals surface area contributed by atoms with E-state index in [9.17, 15) is 5.11 Å². The first-order chi connectivity index (χ1) is 12.1. The first-order valence-electron chi connectivity index (χ1n) is 8.93. The Morgan fingerprint density at radius 2 is 2.23 bits per heavy atom. The Kier molecular flexibility index (Phi) is 10.3. The Labute approximate surface area is 173 Å². The number of aliphatic hydroxyl groups is 1. The van der Waals surface area contributed by atoms with E-state index in [0.717, 1.165) is 37.7 Å². The van der Waals surface area contributed by atoms with E-state index in [2.05, 4.69) is 28.6 Å². The summed E-state index contributed by atoms with van der Waals surface area (Å²) in [4.78, 5) is 4.27. The SMILES string of the molecule is CN=C(NCC(C)Oc1cccc(C)c1)NCC1(CCO)CCOC1.I. The van der Waals surface area contributed by atoms with Crippen molar-refractivity contribution in [2.24, 2.45) is 10.4 Å². The number of benzene rings is 1. The van der Waals surface area contributed by atoms with Gasteiger partial charge < -0.3 is 25.2 Å². The maximum atomic E-state index is 9.30. The monoisotopic (exact) mass is 477 g/mol. The van der Waals surface area contributed by atoms with Crippen molar-refractivity contribution < 1.29 is 14.6 Å². The molecule has 26 heavy (non-hydrogen) atoms. The molecule has 0 aromatic heterocycles. The third kappa shape index (κ3) is 7.28. The lowest BCUT2D eigenvalue weighted by atomic mass is 9.84. The first-order valence-corrected chi connectivity index (χ1v) is 8.93. The van der Waals surface area contributed by atoms with Crippen LogP contribution in [-0.2, 0) is 4.74 Å². The van der Waals surface area contributed by atoms with Gasteiger partial charge in [-0.1, -0.05) is 12.1 Å². The largest absolute Gasteiger partial charge is 0.489 e. The highest BCUT2D eigenvalue weighted by Gasteiger charge is 2.34. The van der Waals surface area contributed by atoms with Crippen LogP contribution in [-0.4, -0.2) is 57.1 Å². The molecule has 1 aliphatic rings. The molecule has 1 saturated heterocycles. The van der Waals surface area contributed by atoms with Gasteiger partial charge in [-0.3, -0.25) is 4.99 Å². The number of hydrogen-bond donors (Lipinski definition) is 3. The summed E-state index contributed by atoms with van der Waals surface area (Å²) < 4.78 is 11.4. The van der Waals surface area contributed by atoms with Crippen molar-refractivity contribution in [3.05, 3.63) is 29.8 Å². The molecule has 0 radical (unpaired) electrons. The summed E-state index contributed by atoms with van der Waals surface area (Å²) in [5.74, 6) is 1.62. The molecule has 2 rings (SSSR count). The van der Waals surface area contributed by atoms with Crippen LogP contribution in [0.5, 0.6) is 5.75 Å². The number of aliphatic hydroxyl groups excluding tert-OH is 1. The zero-order valence-electron chi connectivity index (χ0n) is 16.0. The predicted octanol–water partition coefficient (Wildman–Crippen LogP) is 2.33. The van der Waals surface area contributed by atoms with E-state index in [1.807, 2.05) is 25.1 Å². The van der Waals surface area contributed by atoms with Crippen LogP contribution in [0.25, 0.3) is 0 Å². The Balaban J connectivity index is 0.00000338. The lowest BCUT2D eigenvalue weighted by molar-refractivity contribution is 0.127. The van der Waals surface area contributed by atoms with E-state index < -0.39 is 0 Å². The van der Waals surface area contributed by atoms with Crippen molar-refractivity contribution in [2.45, 2.75) is 32.8 Å². The number of halogens is 1. The molecule has 7 heteroatoms. The van der Waals surface area contributed by atoms with Gasteiger partial charge in [0.25, 0.3) is 0 Å². The van der Waals surface area contributed by atoms with Crippen molar-refractivity contribution in [1.82, 2.24) is 10.6 Å². The van der Waals surface area contributed by atoms with Gasteiger partial charge in [0.2, 0.25) is 0 Å². The second kappa shape index (κ2) is 11.6. The average Bonchev–Trinajstić information content (AvgIpc) is 3.04. The molecule has 6 nitrogen and oxygen atoms in total. The molecule has 2 atom stereocenters. The predicted molar refractivity (Wildman–Crippen MR) is 116 cm³/mol. The molecule has 0 bridgehead atoms. The molecule has 0 amide bonds. The second-order valence-corrected chi connectivity index (χ2v) is 6.83. The summed E-state index contributed by atoms with van der Waals surface area (Å²) >= 11 is 0. The maximum Gasteiger partial charge on any atom is 0.191 e. The normalized spacial score (nSPS) is 21.0. The second-order valence-electron chi connectivity index (χ2n) is 6.83. The Morgan fingerprint density at radius 3 is 2.85 bits per heavy atom. The van der Waals surface area contributed by atoms with Gasteiger partial charge in [0.1, 0.15) is 11.9 Å². The highest BCUT2D eigenvalue weighted by atomic mass is 127. The number of ether oxygens (including phenoxy) is 2. The van der Waals surface area contributed by atoms with Crippen LogP contribution in [0.4, 0.5) is 0 Å². The molecule has 3 N–H and O–H groups in total. The summed E-state index contributed by atoms with van der Waals surface area (Å²) in [5, 5.41) is 16.0. The minimum Gasteiger partial charge on any atom is -0.489 e. The Hall–Kier alpha value is -1.06. The van der Waals surface area contributed by atoms with Crippen LogP contribution in [0.1, 0.15) is 25.3 Å². The fraction of sp³-hybridized carbons (Fsp3) is 0.632. The fourth-order valence-corrected chi connectivity index (χ4v) is 3.01. The highest BCUT2D eigenvalue weighted by Crippen LogP contribution is 2.31. The van der Waals surface area contributed by atoms with Gasteiger partial charge in [-0.2, -0.15) is 0 Å². The molecular weight excluding hydrogens is 445 g/mol. The van der Waals surface area contributed by atoms with Gasteiger partial charge in [0.05, 0.1) is 13.2 Å². The average molecular weight is 477 g/mol. The summed E-state index contributed by atoms with van der Waals surface area (Å²) in [5.41, 5.74) is 1.18. The zero-order chi connectivity index (χ0) is 18.1. The number of rotatable bonds is 8. The molecule has 1 heterocycles. The smallest absolute Gasteiger partial charge is 0.191 e. The van der Waals surface area contributed by atoms with Crippen molar-refractivity contribution >= 4 is 29.9 Å². The lowest BCUT2D eigenvalue weighted by Gasteiger charge is -2.28. The quantitative estimate of drug-likeness (QED) is 0.305. The van der Waals surface area contributed by atoms with E-state index in [1.54, 1.807) is 7.05 Å². The Morgan fingerprint density at radius 1 is 1.42 bits per heavy atom.